The summed E-state index contributed by atoms with van der Waals surface area (Å²) < 4.78 is 16.8. The molecule has 0 rings (SSSR count). The second kappa shape index (κ2) is 51.5. The molecule has 0 aliphatic carbocycles. The zero-order chi connectivity index (χ0) is 45.8. The number of ether oxygens (including phenoxy) is 3. The van der Waals surface area contributed by atoms with Crippen molar-refractivity contribution in [1.82, 2.24) is 0 Å². The Kier molecular flexibility index (Phi) is 48.9. The van der Waals surface area contributed by atoms with Crippen molar-refractivity contribution in [3.8, 4) is 0 Å². The van der Waals surface area contributed by atoms with Crippen LogP contribution in [0.25, 0.3) is 0 Å². The molecule has 63 heavy (non-hydrogen) atoms. The van der Waals surface area contributed by atoms with Gasteiger partial charge in [-0.25, -0.2) is 0 Å². The van der Waals surface area contributed by atoms with Gasteiger partial charge >= 0.3 is 17.9 Å². The highest BCUT2D eigenvalue weighted by atomic mass is 16.6. The molecule has 0 aliphatic heterocycles. The molecule has 362 valence electrons. The normalized spacial score (nSPS) is 12.6. The van der Waals surface area contributed by atoms with Gasteiger partial charge < -0.3 is 14.2 Å². The van der Waals surface area contributed by atoms with Crippen LogP contribution in [0.5, 0.6) is 0 Å². The Hall–Kier alpha value is -3.15. The molecule has 0 heterocycles. The van der Waals surface area contributed by atoms with Crippen molar-refractivity contribution in [3.05, 3.63) is 72.9 Å². The minimum Gasteiger partial charge on any atom is -0.462 e. The van der Waals surface area contributed by atoms with Crippen LogP contribution in [0, 0.1) is 0 Å². The van der Waals surface area contributed by atoms with Crippen LogP contribution < -0.4 is 0 Å². The van der Waals surface area contributed by atoms with Crippen molar-refractivity contribution < 1.29 is 28.6 Å². The summed E-state index contributed by atoms with van der Waals surface area (Å²) in [5, 5.41) is 0. The fraction of sp³-hybridized carbons (Fsp3) is 0.737. The quantitative estimate of drug-likeness (QED) is 0.0262. The van der Waals surface area contributed by atoms with Crippen LogP contribution in [-0.4, -0.2) is 37.2 Å². The summed E-state index contributed by atoms with van der Waals surface area (Å²) in [5.74, 6) is -0.958. The topological polar surface area (TPSA) is 78.9 Å². The fourth-order valence-corrected chi connectivity index (χ4v) is 7.11. The van der Waals surface area contributed by atoms with Crippen molar-refractivity contribution in [2.45, 2.75) is 258 Å². The average molecular weight is 879 g/mol. The molecule has 0 aliphatic rings. The summed E-state index contributed by atoms with van der Waals surface area (Å²) in [4.78, 5) is 38.0. The SMILES string of the molecule is CCCC/C=C\C/C=C\CCCCCCCC(=O)OC[C@H](COC(=O)CCCCCCC/C=C\CCCCCCCCC)OC(=O)CCCC/C=C\C/C=C\C/C=C\CCCCC. The third-order valence-corrected chi connectivity index (χ3v) is 11.2. The number of unbranched alkanes of at least 4 members (excludes halogenated alkanes) is 24. The molecule has 0 spiro atoms. The summed E-state index contributed by atoms with van der Waals surface area (Å²) >= 11 is 0. The Bertz CT molecular complexity index is 1190. The Morgan fingerprint density at radius 2 is 0.587 bits per heavy atom. The highest BCUT2D eigenvalue weighted by Crippen LogP contribution is 2.13. The molecule has 1 atom stereocenters. The van der Waals surface area contributed by atoms with Gasteiger partial charge in [0.15, 0.2) is 6.10 Å². The van der Waals surface area contributed by atoms with Crippen molar-refractivity contribution in [2.24, 2.45) is 0 Å². The number of hydrogen-bond donors (Lipinski definition) is 0. The highest BCUT2D eigenvalue weighted by molar-refractivity contribution is 5.71. The Balaban J connectivity index is 4.47. The van der Waals surface area contributed by atoms with Crippen LogP contribution in [0.1, 0.15) is 252 Å². The monoisotopic (exact) mass is 879 g/mol. The summed E-state index contributed by atoms with van der Waals surface area (Å²) in [6.45, 7) is 6.52. The van der Waals surface area contributed by atoms with E-state index in [1.165, 1.54) is 109 Å². The van der Waals surface area contributed by atoms with Crippen molar-refractivity contribution >= 4 is 17.9 Å². The van der Waals surface area contributed by atoms with Gasteiger partial charge in [0, 0.05) is 19.3 Å². The van der Waals surface area contributed by atoms with Gasteiger partial charge in [0.25, 0.3) is 0 Å². The van der Waals surface area contributed by atoms with Crippen molar-refractivity contribution in [2.75, 3.05) is 13.2 Å². The predicted molar refractivity (Wildman–Crippen MR) is 270 cm³/mol. The van der Waals surface area contributed by atoms with E-state index in [-0.39, 0.29) is 37.5 Å². The Morgan fingerprint density at radius 1 is 0.317 bits per heavy atom. The van der Waals surface area contributed by atoms with E-state index in [0.717, 1.165) is 96.3 Å². The molecule has 0 saturated heterocycles. The number of allylic oxidation sites excluding steroid dienone is 12. The molecule has 0 amide bonds. The first-order chi connectivity index (χ1) is 31.0. The standard InChI is InChI=1S/C57H98O6/c1-4-7-10-13-16-19-22-25-28-30-32-35-38-41-44-47-50-56(59)62-53-54(52-61-55(58)49-46-43-40-37-34-31-27-24-21-18-15-12-9-6-3)63-57(60)51-48-45-42-39-36-33-29-26-23-20-17-14-11-8-5-2/h15,17-18,20,24,26-30,36,39,54H,4-14,16,19,21-23,25,31-35,37-38,40-53H2,1-3H3/b18-15-,20-17-,27-24-,29-26-,30-28-,39-36-/t54-/m1/s1. The summed E-state index contributed by atoms with van der Waals surface area (Å²) in [6, 6.07) is 0. The van der Waals surface area contributed by atoms with Gasteiger partial charge in [-0.2, -0.15) is 0 Å². The summed E-state index contributed by atoms with van der Waals surface area (Å²) in [6.07, 6.45) is 64.5. The zero-order valence-electron chi connectivity index (χ0n) is 41.3. The molecule has 0 unspecified atom stereocenters. The highest BCUT2D eigenvalue weighted by Gasteiger charge is 2.19. The lowest BCUT2D eigenvalue weighted by atomic mass is 10.1. The first kappa shape index (κ1) is 59.9. The maximum Gasteiger partial charge on any atom is 0.306 e. The van der Waals surface area contributed by atoms with E-state index < -0.39 is 6.10 Å². The summed E-state index contributed by atoms with van der Waals surface area (Å²) in [5.41, 5.74) is 0. The van der Waals surface area contributed by atoms with Crippen LogP contribution >= 0.6 is 0 Å². The largest absolute Gasteiger partial charge is 0.462 e. The molecule has 0 N–H and O–H groups in total. The van der Waals surface area contributed by atoms with E-state index in [1.807, 2.05) is 0 Å². The van der Waals surface area contributed by atoms with E-state index >= 15 is 0 Å². The van der Waals surface area contributed by atoms with Crippen LogP contribution in [0.15, 0.2) is 72.9 Å². The molecular weight excluding hydrogens is 781 g/mol. The summed E-state index contributed by atoms with van der Waals surface area (Å²) in [7, 11) is 0. The number of rotatable bonds is 47. The van der Waals surface area contributed by atoms with E-state index in [4.69, 9.17) is 14.2 Å². The minimum atomic E-state index is -0.804. The van der Waals surface area contributed by atoms with Gasteiger partial charge in [-0.3, -0.25) is 14.4 Å². The van der Waals surface area contributed by atoms with Gasteiger partial charge in [0.05, 0.1) is 0 Å². The maximum absolute atomic E-state index is 12.8. The molecule has 0 saturated carbocycles. The number of hydrogen-bond acceptors (Lipinski definition) is 6. The maximum atomic E-state index is 12.8. The molecule has 6 nitrogen and oxygen atoms in total. The van der Waals surface area contributed by atoms with Crippen LogP contribution in [0.4, 0.5) is 0 Å². The van der Waals surface area contributed by atoms with Crippen molar-refractivity contribution in [1.29, 1.82) is 0 Å². The van der Waals surface area contributed by atoms with Gasteiger partial charge in [-0.05, 0) is 109 Å². The minimum absolute atomic E-state index is 0.0997. The molecule has 0 aromatic carbocycles. The number of carbonyl (C=O) groups excluding carboxylic acids is 3. The lowest BCUT2D eigenvalue weighted by Crippen LogP contribution is -2.30. The smallest absolute Gasteiger partial charge is 0.306 e. The van der Waals surface area contributed by atoms with E-state index in [1.54, 1.807) is 0 Å². The second-order valence-electron chi connectivity index (χ2n) is 17.4. The first-order valence-corrected chi connectivity index (χ1v) is 26.4. The van der Waals surface area contributed by atoms with Crippen LogP contribution in [0.3, 0.4) is 0 Å². The average Bonchev–Trinajstić information content (AvgIpc) is 3.28. The Labute approximate surface area is 389 Å². The number of esters is 3. The molecule has 0 aromatic heterocycles. The molecule has 0 fully saturated rings. The molecular formula is C57H98O6. The van der Waals surface area contributed by atoms with Gasteiger partial charge in [-0.1, -0.05) is 196 Å². The van der Waals surface area contributed by atoms with E-state index in [0.29, 0.717) is 19.3 Å². The van der Waals surface area contributed by atoms with Crippen LogP contribution in [-0.2, 0) is 28.6 Å². The zero-order valence-corrected chi connectivity index (χ0v) is 41.3. The van der Waals surface area contributed by atoms with Gasteiger partial charge in [-0.15, -0.1) is 0 Å². The predicted octanol–water partition coefficient (Wildman–Crippen LogP) is 17.4. The molecule has 0 bridgehead atoms. The molecule has 0 aromatic rings. The van der Waals surface area contributed by atoms with Gasteiger partial charge in [0.2, 0.25) is 0 Å². The van der Waals surface area contributed by atoms with E-state index in [9.17, 15) is 14.4 Å². The lowest BCUT2D eigenvalue weighted by Gasteiger charge is -2.18. The number of carbonyl (C=O) groups is 3. The first-order valence-electron chi connectivity index (χ1n) is 26.4. The van der Waals surface area contributed by atoms with Gasteiger partial charge in [0.1, 0.15) is 13.2 Å². The van der Waals surface area contributed by atoms with Crippen molar-refractivity contribution in [3.63, 3.8) is 0 Å². The third kappa shape index (κ3) is 49.7. The second-order valence-corrected chi connectivity index (χ2v) is 17.4. The fourth-order valence-electron chi connectivity index (χ4n) is 7.11. The van der Waals surface area contributed by atoms with Crippen LogP contribution in [0.2, 0.25) is 0 Å². The molecule has 0 radical (unpaired) electrons. The molecule has 6 heteroatoms. The Morgan fingerprint density at radius 3 is 1.02 bits per heavy atom. The third-order valence-electron chi connectivity index (χ3n) is 11.2. The lowest BCUT2D eigenvalue weighted by molar-refractivity contribution is -0.167. The van der Waals surface area contributed by atoms with E-state index in [2.05, 4.69) is 93.7 Å².